The number of hydrogen-bond donors (Lipinski definition) is 2. The molecule has 0 saturated heterocycles. The first-order valence-electron chi connectivity index (χ1n) is 9.33. The van der Waals surface area contributed by atoms with Gasteiger partial charge < -0.3 is 20.1 Å². The van der Waals surface area contributed by atoms with Crippen LogP contribution in [0.5, 0.6) is 5.75 Å². The third kappa shape index (κ3) is 6.95. The molecule has 0 aliphatic heterocycles. The summed E-state index contributed by atoms with van der Waals surface area (Å²) < 4.78 is 10.2. The number of carbonyl (C=O) groups is 3. The number of rotatable bonds is 9. The smallest absolute Gasteiger partial charge is 0.329 e. The molecule has 2 N–H and O–H groups in total. The van der Waals surface area contributed by atoms with E-state index in [4.69, 9.17) is 9.47 Å². The predicted octanol–water partition coefficient (Wildman–Crippen LogP) is 2.31. The number of ether oxygens (including phenoxy) is 2. The summed E-state index contributed by atoms with van der Waals surface area (Å²) in [7, 11) is 1.58. The van der Waals surface area contributed by atoms with Gasteiger partial charge in [-0.05, 0) is 35.7 Å². The monoisotopic (exact) mass is 398 g/mol. The number of benzene rings is 2. The molecule has 7 nitrogen and oxygen atoms in total. The molecule has 0 unspecified atom stereocenters. The zero-order chi connectivity index (χ0) is 21.2. The fourth-order valence-electron chi connectivity index (χ4n) is 2.53. The van der Waals surface area contributed by atoms with Crippen molar-refractivity contribution in [2.75, 3.05) is 13.7 Å². The van der Waals surface area contributed by atoms with Crippen molar-refractivity contribution < 1.29 is 23.9 Å². The summed E-state index contributed by atoms with van der Waals surface area (Å²) in [5.74, 6) is -0.913. The molecule has 0 aliphatic rings. The molecular weight excluding hydrogens is 372 g/mol. The molecule has 0 aliphatic carbocycles. The van der Waals surface area contributed by atoms with Gasteiger partial charge in [-0.25, -0.2) is 4.79 Å². The minimum atomic E-state index is -0.850. The van der Waals surface area contributed by atoms with Crippen LogP contribution in [-0.2, 0) is 20.9 Å². The highest BCUT2D eigenvalue weighted by atomic mass is 16.5. The van der Waals surface area contributed by atoms with Crippen LogP contribution >= 0.6 is 0 Å². The van der Waals surface area contributed by atoms with E-state index in [1.807, 2.05) is 12.1 Å². The van der Waals surface area contributed by atoms with Gasteiger partial charge in [-0.2, -0.15) is 0 Å². The van der Waals surface area contributed by atoms with Crippen LogP contribution in [0.3, 0.4) is 0 Å². The fraction of sp³-hybridized carbons (Fsp3) is 0.318. The number of carbonyl (C=O) groups excluding carboxylic acids is 3. The van der Waals surface area contributed by atoms with Crippen LogP contribution in [-0.4, -0.2) is 37.5 Å². The standard InChI is InChI=1S/C22H26N2O5/c1-15(2)20(24-21(26)17-7-5-4-6-8-17)22(27)29-14-19(25)23-13-16-9-11-18(28-3)12-10-16/h4-12,15,20H,13-14H2,1-3H3,(H,23,25)(H,24,26)/t20-/m1/s1. The Kier molecular flexibility index (Phi) is 8.21. The van der Waals surface area contributed by atoms with Crippen molar-refractivity contribution in [3.05, 3.63) is 65.7 Å². The van der Waals surface area contributed by atoms with E-state index < -0.39 is 24.5 Å². The Balaban J connectivity index is 1.82. The molecule has 0 saturated carbocycles. The molecule has 7 heteroatoms. The first-order chi connectivity index (χ1) is 13.9. The SMILES string of the molecule is COc1ccc(CNC(=O)COC(=O)[C@H](NC(=O)c2ccccc2)C(C)C)cc1. The molecule has 0 bridgehead atoms. The van der Waals surface area contributed by atoms with Crippen LogP contribution in [0.1, 0.15) is 29.8 Å². The molecule has 2 aromatic carbocycles. The van der Waals surface area contributed by atoms with Gasteiger partial charge >= 0.3 is 5.97 Å². The number of esters is 1. The Morgan fingerprint density at radius 3 is 2.21 bits per heavy atom. The fourth-order valence-corrected chi connectivity index (χ4v) is 2.53. The van der Waals surface area contributed by atoms with Gasteiger partial charge in [-0.1, -0.05) is 44.2 Å². The van der Waals surface area contributed by atoms with Crippen LogP contribution in [0, 0.1) is 5.92 Å². The zero-order valence-electron chi connectivity index (χ0n) is 16.8. The average Bonchev–Trinajstić information content (AvgIpc) is 2.74. The van der Waals surface area contributed by atoms with E-state index in [1.165, 1.54) is 0 Å². The summed E-state index contributed by atoms with van der Waals surface area (Å²) >= 11 is 0. The van der Waals surface area contributed by atoms with Crippen molar-refractivity contribution in [1.82, 2.24) is 10.6 Å². The summed E-state index contributed by atoms with van der Waals surface area (Å²) in [6.07, 6.45) is 0. The first kappa shape index (κ1) is 21.9. The first-order valence-corrected chi connectivity index (χ1v) is 9.33. The second-order valence-electron chi connectivity index (χ2n) is 6.79. The van der Waals surface area contributed by atoms with Gasteiger partial charge in [0.1, 0.15) is 11.8 Å². The van der Waals surface area contributed by atoms with E-state index in [1.54, 1.807) is 63.4 Å². The lowest BCUT2D eigenvalue weighted by molar-refractivity contribution is -0.151. The van der Waals surface area contributed by atoms with Gasteiger partial charge in [0, 0.05) is 12.1 Å². The molecule has 29 heavy (non-hydrogen) atoms. The molecule has 0 heterocycles. The van der Waals surface area contributed by atoms with E-state index in [0.717, 1.165) is 11.3 Å². The van der Waals surface area contributed by atoms with Crippen molar-refractivity contribution in [2.24, 2.45) is 5.92 Å². The minimum absolute atomic E-state index is 0.197. The van der Waals surface area contributed by atoms with E-state index in [0.29, 0.717) is 12.1 Å². The Hall–Kier alpha value is -3.35. The Labute approximate surface area is 170 Å². The normalized spacial score (nSPS) is 11.4. The lowest BCUT2D eigenvalue weighted by atomic mass is 10.0. The molecule has 1 atom stereocenters. The third-order valence-electron chi connectivity index (χ3n) is 4.24. The van der Waals surface area contributed by atoms with E-state index >= 15 is 0 Å². The van der Waals surface area contributed by atoms with Gasteiger partial charge in [-0.3, -0.25) is 9.59 Å². The second-order valence-corrected chi connectivity index (χ2v) is 6.79. The molecule has 0 spiro atoms. The highest BCUT2D eigenvalue weighted by Crippen LogP contribution is 2.11. The average molecular weight is 398 g/mol. The van der Waals surface area contributed by atoms with Gasteiger partial charge in [0.05, 0.1) is 7.11 Å². The molecule has 0 aromatic heterocycles. The molecule has 0 fully saturated rings. The van der Waals surface area contributed by atoms with Crippen LogP contribution in [0.4, 0.5) is 0 Å². The zero-order valence-corrected chi connectivity index (χ0v) is 16.8. The molecule has 2 aromatic rings. The largest absolute Gasteiger partial charge is 0.497 e. The summed E-state index contributed by atoms with van der Waals surface area (Å²) in [6, 6.07) is 15.0. The van der Waals surface area contributed by atoms with Crippen molar-refractivity contribution in [1.29, 1.82) is 0 Å². The lowest BCUT2D eigenvalue weighted by Gasteiger charge is -2.20. The number of hydrogen-bond acceptors (Lipinski definition) is 5. The minimum Gasteiger partial charge on any atom is -0.497 e. The topological polar surface area (TPSA) is 93.7 Å². The van der Waals surface area contributed by atoms with E-state index in [9.17, 15) is 14.4 Å². The van der Waals surface area contributed by atoms with Gasteiger partial charge in [0.25, 0.3) is 11.8 Å². The molecule has 0 radical (unpaired) electrons. The number of methoxy groups -OCH3 is 1. The predicted molar refractivity (Wildman–Crippen MR) is 108 cm³/mol. The number of amides is 2. The molecular formula is C22H26N2O5. The quantitative estimate of drug-likeness (QED) is 0.632. The van der Waals surface area contributed by atoms with Crippen molar-refractivity contribution in [3.63, 3.8) is 0 Å². The Bertz CT molecular complexity index is 819. The maximum atomic E-state index is 12.4. The maximum absolute atomic E-state index is 12.4. The van der Waals surface area contributed by atoms with Crippen molar-refractivity contribution >= 4 is 17.8 Å². The summed E-state index contributed by atoms with van der Waals surface area (Å²) in [6.45, 7) is 3.47. The number of nitrogens with one attached hydrogen (secondary N) is 2. The highest BCUT2D eigenvalue weighted by molar-refractivity contribution is 5.97. The Morgan fingerprint density at radius 2 is 1.62 bits per heavy atom. The summed E-state index contributed by atoms with van der Waals surface area (Å²) in [5, 5.41) is 5.35. The van der Waals surface area contributed by atoms with Crippen LogP contribution in [0.25, 0.3) is 0 Å². The molecule has 2 rings (SSSR count). The van der Waals surface area contributed by atoms with Crippen molar-refractivity contribution in [2.45, 2.75) is 26.4 Å². The van der Waals surface area contributed by atoms with Gasteiger partial charge in [0.15, 0.2) is 6.61 Å². The van der Waals surface area contributed by atoms with Crippen LogP contribution < -0.4 is 15.4 Å². The Morgan fingerprint density at radius 1 is 0.966 bits per heavy atom. The third-order valence-corrected chi connectivity index (χ3v) is 4.24. The summed E-state index contributed by atoms with van der Waals surface area (Å²) in [4.78, 5) is 36.6. The van der Waals surface area contributed by atoms with E-state index in [2.05, 4.69) is 10.6 Å². The van der Waals surface area contributed by atoms with Gasteiger partial charge in [0.2, 0.25) is 0 Å². The van der Waals surface area contributed by atoms with E-state index in [-0.39, 0.29) is 11.8 Å². The van der Waals surface area contributed by atoms with Gasteiger partial charge in [-0.15, -0.1) is 0 Å². The highest BCUT2D eigenvalue weighted by Gasteiger charge is 2.26. The van der Waals surface area contributed by atoms with Crippen molar-refractivity contribution in [3.8, 4) is 5.75 Å². The van der Waals surface area contributed by atoms with Crippen LogP contribution in [0.2, 0.25) is 0 Å². The lowest BCUT2D eigenvalue weighted by Crippen LogP contribution is -2.46. The maximum Gasteiger partial charge on any atom is 0.329 e. The molecule has 2 amide bonds. The summed E-state index contributed by atoms with van der Waals surface area (Å²) in [5.41, 5.74) is 1.34. The second kappa shape index (κ2) is 10.8. The van der Waals surface area contributed by atoms with Crippen LogP contribution in [0.15, 0.2) is 54.6 Å². The molecule has 154 valence electrons.